The quantitative estimate of drug-likeness (QED) is 0.870. The monoisotopic (exact) mass is 279 g/mol. The molecule has 0 atom stereocenters. The SMILES string of the molecule is Cc1cccc(C(N)=S)c1Oc1cccc(F)c1F. The van der Waals surface area contributed by atoms with Crippen molar-refractivity contribution in [3.8, 4) is 11.5 Å². The Balaban J connectivity index is 2.49. The van der Waals surface area contributed by atoms with Crippen LogP contribution in [0.3, 0.4) is 0 Å². The molecule has 2 nitrogen and oxygen atoms in total. The smallest absolute Gasteiger partial charge is 0.201 e. The topological polar surface area (TPSA) is 35.2 Å². The highest BCUT2D eigenvalue weighted by Crippen LogP contribution is 2.31. The molecule has 0 spiro atoms. The van der Waals surface area contributed by atoms with Crippen molar-refractivity contribution in [2.24, 2.45) is 5.73 Å². The molecule has 0 radical (unpaired) electrons. The molecule has 0 unspecified atom stereocenters. The fourth-order valence-corrected chi connectivity index (χ4v) is 1.82. The first-order valence-electron chi connectivity index (χ1n) is 5.52. The van der Waals surface area contributed by atoms with Crippen LogP contribution in [0.4, 0.5) is 8.78 Å². The van der Waals surface area contributed by atoms with E-state index in [1.165, 1.54) is 12.1 Å². The number of para-hydroxylation sites is 1. The van der Waals surface area contributed by atoms with Crippen LogP contribution in [0.5, 0.6) is 11.5 Å². The van der Waals surface area contributed by atoms with E-state index in [-0.39, 0.29) is 10.7 Å². The summed E-state index contributed by atoms with van der Waals surface area (Å²) in [6.45, 7) is 1.77. The summed E-state index contributed by atoms with van der Waals surface area (Å²) < 4.78 is 32.2. The van der Waals surface area contributed by atoms with Gasteiger partial charge in [-0.2, -0.15) is 4.39 Å². The predicted octanol–water partition coefficient (Wildman–Crippen LogP) is 3.70. The Morgan fingerprint density at radius 2 is 1.84 bits per heavy atom. The van der Waals surface area contributed by atoms with E-state index in [0.717, 1.165) is 11.6 Å². The van der Waals surface area contributed by atoms with Crippen molar-refractivity contribution in [1.29, 1.82) is 0 Å². The summed E-state index contributed by atoms with van der Waals surface area (Å²) in [7, 11) is 0. The van der Waals surface area contributed by atoms with Crippen LogP contribution >= 0.6 is 12.2 Å². The second-order valence-electron chi connectivity index (χ2n) is 3.97. The molecule has 0 aliphatic rings. The van der Waals surface area contributed by atoms with Crippen molar-refractivity contribution in [1.82, 2.24) is 0 Å². The third-order valence-corrected chi connectivity index (χ3v) is 2.83. The number of thiocarbonyl (C=S) groups is 1. The molecule has 0 saturated carbocycles. The van der Waals surface area contributed by atoms with Crippen LogP contribution in [0.15, 0.2) is 36.4 Å². The van der Waals surface area contributed by atoms with E-state index < -0.39 is 11.6 Å². The lowest BCUT2D eigenvalue weighted by molar-refractivity contribution is 0.414. The van der Waals surface area contributed by atoms with Crippen LogP contribution in [0.1, 0.15) is 11.1 Å². The van der Waals surface area contributed by atoms with Crippen molar-refractivity contribution in [3.05, 3.63) is 59.2 Å². The first-order valence-corrected chi connectivity index (χ1v) is 5.93. The minimum atomic E-state index is -1.04. The van der Waals surface area contributed by atoms with Gasteiger partial charge in [-0.3, -0.25) is 0 Å². The van der Waals surface area contributed by atoms with E-state index in [2.05, 4.69) is 0 Å². The maximum absolute atomic E-state index is 13.6. The molecule has 19 heavy (non-hydrogen) atoms. The normalized spacial score (nSPS) is 10.3. The summed E-state index contributed by atoms with van der Waals surface area (Å²) in [6, 6.07) is 8.93. The van der Waals surface area contributed by atoms with Gasteiger partial charge in [0.25, 0.3) is 0 Å². The average molecular weight is 279 g/mol. The number of hydrogen-bond acceptors (Lipinski definition) is 2. The van der Waals surface area contributed by atoms with Gasteiger partial charge in [0, 0.05) is 0 Å². The van der Waals surface area contributed by atoms with Gasteiger partial charge >= 0.3 is 0 Å². The Bertz CT molecular complexity index is 643. The van der Waals surface area contributed by atoms with Gasteiger partial charge in [-0.25, -0.2) is 4.39 Å². The molecule has 0 heterocycles. The maximum Gasteiger partial charge on any atom is 0.201 e. The second kappa shape index (κ2) is 5.32. The lowest BCUT2D eigenvalue weighted by atomic mass is 10.1. The Kier molecular flexibility index (Phi) is 3.76. The summed E-state index contributed by atoms with van der Waals surface area (Å²) >= 11 is 4.91. The third-order valence-electron chi connectivity index (χ3n) is 2.61. The minimum Gasteiger partial charge on any atom is -0.453 e. The molecular formula is C14H11F2NOS. The van der Waals surface area contributed by atoms with Crippen LogP contribution in [0, 0.1) is 18.6 Å². The first-order chi connectivity index (χ1) is 9.00. The molecule has 0 aromatic heterocycles. The average Bonchev–Trinajstić information content (AvgIpc) is 2.36. The van der Waals surface area contributed by atoms with Crippen LogP contribution in [-0.2, 0) is 0 Å². The number of benzene rings is 2. The molecule has 0 aliphatic carbocycles. The minimum absolute atomic E-state index is 0.135. The standard InChI is InChI=1S/C14H11F2NOS/c1-8-4-2-5-9(14(17)19)13(8)18-11-7-3-6-10(15)12(11)16/h2-7H,1H3,(H2,17,19). The highest BCUT2D eigenvalue weighted by molar-refractivity contribution is 7.80. The van der Waals surface area contributed by atoms with Gasteiger partial charge in [0.2, 0.25) is 5.82 Å². The van der Waals surface area contributed by atoms with Gasteiger partial charge in [0.1, 0.15) is 10.7 Å². The van der Waals surface area contributed by atoms with Crippen LogP contribution in [0.2, 0.25) is 0 Å². The van der Waals surface area contributed by atoms with E-state index in [4.69, 9.17) is 22.7 Å². The van der Waals surface area contributed by atoms with Gasteiger partial charge in [0.15, 0.2) is 11.6 Å². The van der Waals surface area contributed by atoms with E-state index >= 15 is 0 Å². The molecule has 2 N–H and O–H groups in total. The Morgan fingerprint density at radius 1 is 1.16 bits per heavy atom. The zero-order valence-electron chi connectivity index (χ0n) is 10.1. The Morgan fingerprint density at radius 3 is 2.53 bits per heavy atom. The molecule has 0 aliphatic heterocycles. The molecule has 2 rings (SSSR count). The van der Waals surface area contributed by atoms with Crippen molar-refractivity contribution in [3.63, 3.8) is 0 Å². The molecule has 0 bridgehead atoms. The second-order valence-corrected chi connectivity index (χ2v) is 4.41. The first kappa shape index (κ1) is 13.4. The lowest BCUT2D eigenvalue weighted by Crippen LogP contribution is -2.11. The molecule has 0 fully saturated rings. The van der Waals surface area contributed by atoms with Crippen molar-refractivity contribution >= 4 is 17.2 Å². The molecule has 2 aromatic rings. The van der Waals surface area contributed by atoms with Crippen LogP contribution < -0.4 is 10.5 Å². The number of aryl methyl sites for hydroxylation is 1. The zero-order chi connectivity index (χ0) is 14.0. The highest BCUT2D eigenvalue weighted by atomic mass is 32.1. The Labute approximate surface area is 114 Å². The summed E-state index contributed by atoms with van der Waals surface area (Å²) in [5.74, 6) is -1.88. The molecule has 5 heteroatoms. The van der Waals surface area contributed by atoms with Gasteiger partial charge in [-0.1, -0.05) is 30.4 Å². The van der Waals surface area contributed by atoms with E-state index in [9.17, 15) is 8.78 Å². The fourth-order valence-electron chi connectivity index (χ4n) is 1.65. The lowest BCUT2D eigenvalue weighted by Gasteiger charge is -2.13. The molecule has 0 amide bonds. The van der Waals surface area contributed by atoms with Gasteiger partial charge in [-0.15, -0.1) is 0 Å². The van der Waals surface area contributed by atoms with Crippen molar-refractivity contribution in [2.75, 3.05) is 0 Å². The molecule has 98 valence electrons. The predicted molar refractivity (Wildman–Crippen MR) is 73.5 cm³/mol. The summed E-state index contributed by atoms with van der Waals surface area (Å²) in [5, 5.41) is 0. The van der Waals surface area contributed by atoms with Gasteiger partial charge < -0.3 is 10.5 Å². The number of nitrogens with two attached hydrogens (primary N) is 1. The number of ether oxygens (including phenoxy) is 1. The summed E-state index contributed by atoms with van der Waals surface area (Å²) in [4.78, 5) is 0.135. The van der Waals surface area contributed by atoms with Crippen LogP contribution in [-0.4, -0.2) is 4.99 Å². The Hall–Kier alpha value is -2.01. The maximum atomic E-state index is 13.6. The number of rotatable bonds is 3. The summed E-state index contributed by atoms with van der Waals surface area (Å²) in [5.41, 5.74) is 6.80. The number of halogens is 2. The van der Waals surface area contributed by atoms with E-state index in [1.807, 2.05) is 0 Å². The van der Waals surface area contributed by atoms with Crippen molar-refractivity contribution in [2.45, 2.75) is 6.92 Å². The van der Waals surface area contributed by atoms with Gasteiger partial charge in [0.05, 0.1) is 5.56 Å². The molecule has 0 saturated heterocycles. The van der Waals surface area contributed by atoms with Gasteiger partial charge in [-0.05, 0) is 30.7 Å². The van der Waals surface area contributed by atoms with Crippen molar-refractivity contribution < 1.29 is 13.5 Å². The molecular weight excluding hydrogens is 268 g/mol. The number of hydrogen-bond donors (Lipinski definition) is 1. The highest BCUT2D eigenvalue weighted by Gasteiger charge is 2.14. The van der Waals surface area contributed by atoms with E-state index in [0.29, 0.717) is 11.3 Å². The zero-order valence-corrected chi connectivity index (χ0v) is 10.9. The molecule has 2 aromatic carbocycles. The van der Waals surface area contributed by atoms with E-state index in [1.54, 1.807) is 25.1 Å². The largest absolute Gasteiger partial charge is 0.453 e. The van der Waals surface area contributed by atoms with Crippen LogP contribution in [0.25, 0.3) is 0 Å². The summed E-state index contributed by atoms with van der Waals surface area (Å²) in [6.07, 6.45) is 0. The fraction of sp³-hybridized carbons (Fsp3) is 0.0714. The third kappa shape index (κ3) is 2.71.